The van der Waals surface area contributed by atoms with Gasteiger partial charge in [-0.15, -0.1) is 0 Å². The minimum Gasteiger partial charge on any atom is -0.342 e. The molecule has 0 aliphatic carbocycles. The van der Waals surface area contributed by atoms with Crippen molar-refractivity contribution in [3.63, 3.8) is 0 Å². The molecule has 3 rings (SSSR count). The van der Waals surface area contributed by atoms with Gasteiger partial charge in [-0.1, -0.05) is 48.5 Å². The lowest BCUT2D eigenvalue weighted by molar-refractivity contribution is -0.131. The molecule has 3 nitrogen and oxygen atoms in total. The van der Waals surface area contributed by atoms with Crippen LogP contribution in [0, 0.1) is 11.7 Å². The molecule has 2 aromatic rings. The van der Waals surface area contributed by atoms with Gasteiger partial charge in [-0.2, -0.15) is 0 Å². The molecule has 1 amide bonds. The largest absolute Gasteiger partial charge is 0.342 e. The molecule has 138 valence electrons. The average Bonchev–Trinajstić information content (AvgIpc) is 2.68. The van der Waals surface area contributed by atoms with Crippen LogP contribution in [0.3, 0.4) is 0 Å². The fraction of sp³-hybridized carbons (Fsp3) is 0.409. The smallest absolute Gasteiger partial charge is 0.236 e. The molecule has 1 fully saturated rings. The standard InChI is InChI=1S/C22H27FN2O/c23-21-9-5-4-8-20(21)10-13-24-17-22(26)25-14-11-19(12-15-25)16-18-6-2-1-3-7-18/h1-9,19,24H,10-17H2. The summed E-state index contributed by atoms with van der Waals surface area (Å²) in [7, 11) is 0. The molecule has 26 heavy (non-hydrogen) atoms. The van der Waals surface area contributed by atoms with E-state index in [9.17, 15) is 9.18 Å². The number of nitrogens with zero attached hydrogens (tertiary/aromatic N) is 1. The first-order valence-corrected chi connectivity index (χ1v) is 9.48. The predicted molar refractivity (Wildman–Crippen MR) is 102 cm³/mol. The first kappa shape index (κ1) is 18.6. The lowest BCUT2D eigenvalue weighted by atomic mass is 9.90. The van der Waals surface area contributed by atoms with Crippen LogP contribution >= 0.6 is 0 Å². The number of rotatable bonds is 7. The van der Waals surface area contributed by atoms with Crippen LogP contribution in [0.5, 0.6) is 0 Å². The monoisotopic (exact) mass is 354 g/mol. The number of piperidine rings is 1. The summed E-state index contributed by atoms with van der Waals surface area (Å²) in [6.07, 6.45) is 3.83. The quantitative estimate of drug-likeness (QED) is 0.773. The number of carbonyl (C=O) groups is 1. The fourth-order valence-electron chi connectivity index (χ4n) is 3.57. The zero-order valence-electron chi connectivity index (χ0n) is 15.2. The van der Waals surface area contributed by atoms with Crippen molar-refractivity contribution in [3.8, 4) is 0 Å². The Morgan fingerprint density at radius 2 is 1.73 bits per heavy atom. The first-order valence-electron chi connectivity index (χ1n) is 9.48. The Morgan fingerprint density at radius 3 is 2.46 bits per heavy atom. The molecule has 2 aromatic carbocycles. The third kappa shape index (κ3) is 5.40. The zero-order valence-corrected chi connectivity index (χ0v) is 15.2. The van der Waals surface area contributed by atoms with Gasteiger partial charge < -0.3 is 10.2 Å². The molecule has 0 aromatic heterocycles. The van der Waals surface area contributed by atoms with Crippen molar-refractivity contribution in [1.82, 2.24) is 10.2 Å². The molecule has 0 radical (unpaired) electrons. The van der Waals surface area contributed by atoms with Gasteiger partial charge in [0.25, 0.3) is 0 Å². The number of amides is 1. The Kier molecular flexibility index (Phi) is 6.78. The van der Waals surface area contributed by atoms with Gasteiger partial charge in [-0.25, -0.2) is 4.39 Å². The third-order valence-corrected chi connectivity index (χ3v) is 5.14. The fourth-order valence-corrected chi connectivity index (χ4v) is 3.57. The van der Waals surface area contributed by atoms with Gasteiger partial charge in [0, 0.05) is 13.1 Å². The van der Waals surface area contributed by atoms with Gasteiger partial charge >= 0.3 is 0 Å². The topological polar surface area (TPSA) is 32.3 Å². The summed E-state index contributed by atoms with van der Waals surface area (Å²) in [5.74, 6) is 0.633. The average molecular weight is 354 g/mol. The molecule has 0 spiro atoms. The van der Waals surface area contributed by atoms with E-state index in [1.165, 1.54) is 11.6 Å². The predicted octanol–water partition coefficient (Wildman–Crippen LogP) is 3.44. The summed E-state index contributed by atoms with van der Waals surface area (Å²) in [4.78, 5) is 14.3. The number of halogens is 1. The molecule has 0 unspecified atom stereocenters. The lowest BCUT2D eigenvalue weighted by Crippen LogP contribution is -2.43. The van der Waals surface area contributed by atoms with Crippen LogP contribution in [-0.2, 0) is 17.6 Å². The lowest BCUT2D eigenvalue weighted by Gasteiger charge is -2.32. The van der Waals surface area contributed by atoms with Crippen molar-refractivity contribution in [2.75, 3.05) is 26.2 Å². The molecule has 1 aliphatic rings. The maximum Gasteiger partial charge on any atom is 0.236 e. The SMILES string of the molecule is O=C(CNCCc1ccccc1F)N1CCC(Cc2ccccc2)CC1. The van der Waals surface area contributed by atoms with E-state index in [1.54, 1.807) is 12.1 Å². The Labute approximate surface area is 155 Å². The molecule has 4 heteroatoms. The van der Waals surface area contributed by atoms with Crippen LogP contribution < -0.4 is 5.32 Å². The molecule has 0 saturated carbocycles. The molecule has 1 heterocycles. The van der Waals surface area contributed by atoms with Crippen LogP contribution in [0.1, 0.15) is 24.0 Å². The van der Waals surface area contributed by atoms with E-state index in [2.05, 4.69) is 29.6 Å². The van der Waals surface area contributed by atoms with Crippen molar-refractivity contribution in [3.05, 3.63) is 71.5 Å². The normalized spacial score (nSPS) is 15.2. The van der Waals surface area contributed by atoms with Gasteiger partial charge in [0.05, 0.1) is 6.54 Å². The highest BCUT2D eigenvalue weighted by Crippen LogP contribution is 2.21. The Balaban J connectivity index is 1.34. The molecule has 0 bridgehead atoms. The number of carbonyl (C=O) groups excluding carboxylic acids is 1. The Hall–Kier alpha value is -2.20. The number of hydrogen-bond acceptors (Lipinski definition) is 2. The number of nitrogens with one attached hydrogen (secondary N) is 1. The van der Waals surface area contributed by atoms with Crippen molar-refractivity contribution in [1.29, 1.82) is 0 Å². The Morgan fingerprint density at radius 1 is 1.04 bits per heavy atom. The van der Waals surface area contributed by atoms with Crippen molar-refractivity contribution >= 4 is 5.91 Å². The maximum absolute atomic E-state index is 13.6. The second-order valence-electron chi connectivity index (χ2n) is 7.03. The van der Waals surface area contributed by atoms with Gasteiger partial charge in [0.15, 0.2) is 0 Å². The summed E-state index contributed by atoms with van der Waals surface area (Å²) in [5.41, 5.74) is 2.07. The molecule has 1 saturated heterocycles. The Bertz CT molecular complexity index is 696. The summed E-state index contributed by atoms with van der Waals surface area (Å²) in [5, 5.41) is 3.15. The summed E-state index contributed by atoms with van der Waals surface area (Å²) in [6.45, 7) is 2.62. The summed E-state index contributed by atoms with van der Waals surface area (Å²) < 4.78 is 13.6. The van der Waals surface area contributed by atoms with Crippen LogP contribution in [0.4, 0.5) is 4.39 Å². The van der Waals surface area contributed by atoms with E-state index in [0.717, 1.165) is 32.4 Å². The highest BCUT2D eigenvalue weighted by molar-refractivity contribution is 5.78. The third-order valence-electron chi connectivity index (χ3n) is 5.14. The van der Waals surface area contributed by atoms with Crippen LogP contribution in [-0.4, -0.2) is 37.0 Å². The summed E-state index contributed by atoms with van der Waals surface area (Å²) in [6, 6.07) is 17.4. The van der Waals surface area contributed by atoms with Crippen molar-refractivity contribution in [2.45, 2.75) is 25.7 Å². The van der Waals surface area contributed by atoms with E-state index >= 15 is 0 Å². The van der Waals surface area contributed by atoms with Gasteiger partial charge in [-0.3, -0.25) is 4.79 Å². The van der Waals surface area contributed by atoms with Crippen LogP contribution in [0.2, 0.25) is 0 Å². The first-order chi connectivity index (χ1) is 12.7. The molecule has 1 aliphatic heterocycles. The number of benzene rings is 2. The molecule has 1 N–H and O–H groups in total. The van der Waals surface area contributed by atoms with Crippen molar-refractivity contribution < 1.29 is 9.18 Å². The van der Waals surface area contributed by atoms with Gasteiger partial charge in [0.1, 0.15) is 5.82 Å². The van der Waals surface area contributed by atoms with E-state index in [4.69, 9.17) is 0 Å². The van der Waals surface area contributed by atoms with Crippen molar-refractivity contribution in [2.24, 2.45) is 5.92 Å². The van der Waals surface area contributed by atoms with Gasteiger partial charge in [0.2, 0.25) is 5.91 Å². The maximum atomic E-state index is 13.6. The highest BCUT2D eigenvalue weighted by atomic mass is 19.1. The van der Waals surface area contributed by atoms with Crippen LogP contribution in [0.15, 0.2) is 54.6 Å². The second kappa shape index (κ2) is 9.48. The van der Waals surface area contributed by atoms with E-state index in [0.29, 0.717) is 31.0 Å². The van der Waals surface area contributed by atoms with Crippen LogP contribution in [0.25, 0.3) is 0 Å². The van der Waals surface area contributed by atoms with E-state index in [-0.39, 0.29) is 11.7 Å². The minimum absolute atomic E-state index is 0.150. The second-order valence-corrected chi connectivity index (χ2v) is 7.03. The summed E-state index contributed by atoms with van der Waals surface area (Å²) >= 11 is 0. The highest BCUT2D eigenvalue weighted by Gasteiger charge is 2.22. The number of likely N-dealkylation sites (tertiary alicyclic amines) is 1. The van der Waals surface area contributed by atoms with Gasteiger partial charge in [-0.05, 0) is 55.3 Å². The molecule has 0 atom stereocenters. The minimum atomic E-state index is -0.180. The van der Waals surface area contributed by atoms with E-state index < -0.39 is 0 Å². The van der Waals surface area contributed by atoms with E-state index in [1.807, 2.05) is 17.0 Å². The zero-order chi connectivity index (χ0) is 18.2. The number of hydrogen-bond donors (Lipinski definition) is 1. The molecular weight excluding hydrogens is 327 g/mol. The molecular formula is C22H27FN2O.